The number of thiazole rings is 1. The summed E-state index contributed by atoms with van der Waals surface area (Å²) in [5, 5.41) is 3.82. The van der Waals surface area contributed by atoms with Gasteiger partial charge in [-0.15, -0.1) is 11.3 Å². The van der Waals surface area contributed by atoms with Crippen molar-refractivity contribution in [3.63, 3.8) is 0 Å². The number of rotatable bonds is 2. The molecule has 0 bridgehead atoms. The lowest BCUT2D eigenvalue weighted by Crippen LogP contribution is -2.39. The predicted molar refractivity (Wildman–Crippen MR) is 96.3 cm³/mol. The molecule has 1 atom stereocenters. The van der Waals surface area contributed by atoms with Gasteiger partial charge in [0.1, 0.15) is 4.88 Å². The highest BCUT2D eigenvalue weighted by Crippen LogP contribution is 2.40. The maximum atomic E-state index is 13.6. The van der Waals surface area contributed by atoms with Crippen LogP contribution in [0, 0.1) is 13.8 Å². The van der Waals surface area contributed by atoms with Gasteiger partial charge in [0, 0.05) is 24.7 Å². The van der Waals surface area contributed by atoms with Gasteiger partial charge in [-0.05, 0) is 32.8 Å². The van der Waals surface area contributed by atoms with Crippen molar-refractivity contribution in [3.8, 4) is 0 Å². The monoisotopic (exact) mass is 410 g/mol. The fourth-order valence-corrected chi connectivity index (χ4v) is 4.40. The Morgan fingerprint density at radius 3 is 2.82 bits per heavy atom. The van der Waals surface area contributed by atoms with Crippen molar-refractivity contribution in [2.24, 2.45) is 0 Å². The number of nitrogens with zero attached hydrogens (tertiary/aromatic N) is 4. The molecule has 1 fully saturated rings. The number of aromatic nitrogens is 3. The van der Waals surface area contributed by atoms with Gasteiger partial charge in [-0.3, -0.25) is 4.79 Å². The van der Waals surface area contributed by atoms with Crippen molar-refractivity contribution >= 4 is 28.3 Å². The third kappa shape index (κ3) is 3.25. The molecule has 28 heavy (non-hydrogen) atoms. The molecule has 0 aromatic carbocycles. The van der Waals surface area contributed by atoms with Gasteiger partial charge in [0.25, 0.3) is 11.6 Å². The molecular weight excluding hydrogens is 393 g/mol. The Balaban J connectivity index is 1.70. The first kappa shape index (κ1) is 18.9. The Labute approximate surface area is 162 Å². The number of hydrogen-bond donors (Lipinski definition) is 0. The molecule has 1 saturated heterocycles. The molecule has 0 radical (unpaired) electrons. The van der Waals surface area contributed by atoms with Crippen LogP contribution >= 0.6 is 11.3 Å². The molecule has 3 aromatic heterocycles. The van der Waals surface area contributed by atoms with Gasteiger partial charge in [0.2, 0.25) is 0 Å². The van der Waals surface area contributed by atoms with Gasteiger partial charge in [-0.1, -0.05) is 5.16 Å². The largest absolute Gasteiger partial charge is 0.417 e. The van der Waals surface area contributed by atoms with Crippen LogP contribution in [0.2, 0.25) is 0 Å². The second kappa shape index (κ2) is 6.84. The van der Waals surface area contributed by atoms with Crippen molar-refractivity contribution in [2.45, 2.75) is 38.8 Å². The average Bonchev–Trinajstić information content (AvgIpc) is 3.25. The highest BCUT2D eigenvalue weighted by molar-refractivity contribution is 7.11. The summed E-state index contributed by atoms with van der Waals surface area (Å²) in [5.74, 6) is -0.500. The highest BCUT2D eigenvalue weighted by Gasteiger charge is 2.38. The SMILES string of the molecule is Cc1cc(C(F)(F)F)c2c(C3CCCN(C(=O)c4scnc4C)C3)noc2n1. The van der Waals surface area contributed by atoms with E-state index in [2.05, 4.69) is 15.1 Å². The number of fused-ring (bicyclic) bond motifs is 1. The Kier molecular flexibility index (Phi) is 4.60. The van der Waals surface area contributed by atoms with E-state index in [0.717, 1.165) is 6.07 Å². The summed E-state index contributed by atoms with van der Waals surface area (Å²) in [6, 6.07) is 1.01. The lowest BCUT2D eigenvalue weighted by atomic mass is 9.91. The molecule has 4 heterocycles. The summed E-state index contributed by atoms with van der Waals surface area (Å²) in [5.41, 5.74) is 1.77. The number of carbonyl (C=O) groups is 1. The average molecular weight is 410 g/mol. The number of hydrogen-bond acceptors (Lipinski definition) is 6. The molecule has 6 nitrogen and oxygen atoms in total. The van der Waals surface area contributed by atoms with Crippen molar-refractivity contribution < 1.29 is 22.5 Å². The minimum Gasteiger partial charge on any atom is -0.337 e. The molecule has 148 valence electrons. The van der Waals surface area contributed by atoms with Gasteiger partial charge < -0.3 is 9.42 Å². The normalized spacial score (nSPS) is 18.0. The van der Waals surface area contributed by atoms with Crippen molar-refractivity contribution in [1.82, 2.24) is 20.0 Å². The van der Waals surface area contributed by atoms with Crippen molar-refractivity contribution in [3.05, 3.63) is 39.1 Å². The molecule has 0 saturated carbocycles. The third-order valence-electron chi connectivity index (χ3n) is 4.94. The van der Waals surface area contributed by atoms with Crippen LogP contribution in [0.1, 0.15) is 51.1 Å². The molecular formula is C18H17F3N4O2S. The van der Waals surface area contributed by atoms with Crippen LogP contribution in [0.25, 0.3) is 11.1 Å². The Hall–Kier alpha value is -2.49. The van der Waals surface area contributed by atoms with E-state index in [4.69, 9.17) is 4.52 Å². The first-order chi connectivity index (χ1) is 13.3. The maximum Gasteiger partial charge on any atom is 0.417 e. The molecule has 4 rings (SSSR count). The van der Waals surface area contributed by atoms with Gasteiger partial charge in [-0.25, -0.2) is 9.97 Å². The number of amides is 1. The summed E-state index contributed by atoms with van der Waals surface area (Å²) < 4.78 is 45.9. The summed E-state index contributed by atoms with van der Waals surface area (Å²) >= 11 is 1.26. The number of likely N-dealkylation sites (tertiary alicyclic amines) is 1. The second-order valence-electron chi connectivity index (χ2n) is 6.91. The number of aryl methyl sites for hydroxylation is 2. The topological polar surface area (TPSA) is 72.1 Å². The lowest BCUT2D eigenvalue weighted by Gasteiger charge is -2.31. The van der Waals surface area contributed by atoms with Crippen LogP contribution in [0.15, 0.2) is 16.1 Å². The minimum absolute atomic E-state index is 0.105. The zero-order valence-electron chi connectivity index (χ0n) is 15.2. The summed E-state index contributed by atoms with van der Waals surface area (Å²) in [6.45, 7) is 4.07. The van der Waals surface area contributed by atoms with Crippen LogP contribution in [-0.4, -0.2) is 39.0 Å². The lowest BCUT2D eigenvalue weighted by molar-refractivity contribution is -0.136. The minimum atomic E-state index is -4.55. The fourth-order valence-electron chi connectivity index (χ4n) is 3.63. The number of pyridine rings is 1. The van der Waals surface area contributed by atoms with Gasteiger partial charge in [0.05, 0.1) is 27.8 Å². The summed E-state index contributed by atoms with van der Waals surface area (Å²) in [6.07, 6.45) is -3.25. The second-order valence-corrected chi connectivity index (χ2v) is 7.77. The number of alkyl halides is 3. The van der Waals surface area contributed by atoms with E-state index in [0.29, 0.717) is 30.0 Å². The third-order valence-corrected chi connectivity index (χ3v) is 5.86. The van der Waals surface area contributed by atoms with Crippen LogP contribution in [0.5, 0.6) is 0 Å². The Morgan fingerprint density at radius 2 is 2.14 bits per heavy atom. The Bertz CT molecular complexity index is 1040. The molecule has 0 spiro atoms. The molecule has 1 aliphatic rings. The molecule has 1 aliphatic heterocycles. The standard InChI is InChI=1S/C18H17F3N4O2S/c1-9-6-12(18(19,20)21)13-14(24-27-16(13)23-9)11-4-3-5-25(7-11)17(26)15-10(2)22-8-28-15/h6,8,11H,3-5,7H2,1-2H3. The molecule has 1 unspecified atom stereocenters. The quantitative estimate of drug-likeness (QED) is 0.629. The van der Waals surface area contributed by atoms with Crippen LogP contribution in [0.4, 0.5) is 13.2 Å². The summed E-state index contributed by atoms with van der Waals surface area (Å²) in [7, 11) is 0. The van der Waals surface area contributed by atoms with E-state index >= 15 is 0 Å². The van der Waals surface area contributed by atoms with E-state index in [-0.39, 0.29) is 40.9 Å². The van der Waals surface area contributed by atoms with Crippen LogP contribution in [0.3, 0.4) is 0 Å². The predicted octanol–water partition coefficient (Wildman–Crippen LogP) is 4.33. The van der Waals surface area contributed by atoms with E-state index < -0.39 is 11.7 Å². The van der Waals surface area contributed by atoms with Crippen LogP contribution in [-0.2, 0) is 6.18 Å². The molecule has 0 aliphatic carbocycles. The van der Waals surface area contributed by atoms with Crippen molar-refractivity contribution in [2.75, 3.05) is 13.1 Å². The van der Waals surface area contributed by atoms with Crippen LogP contribution < -0.4 is 0 Å². The van der Waals surface area contributed by atoms with Gasteiger partial charge in [0.15, 0.2) is 0 Å². The molecule has 0 N–H and O–H groups in total. The van der Waals surface area contributed by atoms with E-state index in [9.17, 15) is 18.0 Å². The van der Waals surface area contributed by atoms with E-state index in [1.54, 1.807) is 17.3 Å². The first-order valence-corrected chi connectivity index (χ1v) is 9.67. The number of carbonyl (C=O) groups excluding carboxylic acids is 1. The molecule has 3 aromatic rings. The fraction of sp³-hybridized carbons (Fsp3) is 0.444. The zero-order valence-corrected chi connectivity index (χ0v) is 16.0. The van der Waals surface area contributed by atoms with E-state index in [1.165, 1.54) is 18.3 Å². The number of piperidine rings is 1. The Morgan fingerprint density at radius 1 is 1.36 bits per heavy atom. The molecule has 10 heteroatoms. The zero-order chi connectivity index (χ0) is 20.1. The maximum absolute atomic E-state index is 13.6. The van der Waals surface area contributed by atoms with Gasteiger partial charge in [-0.2, -0.15) is 13.2 Å². The highest BCUT2D eigenvalue weighted by atomic mass is 32.1. The first-order valence-electron chi connectivity index (χ1n) is 8.79. The smallest absolute Gasteiger partial charge is 0.337 e. The van der Waals surface area contributed by atoms with E-state index in [1.807, 2.05) is 0 Å². The van der Waals surface area contributed by atoms with Crippen molar-refractivity contribution in [1.29, 1.82) is 0 Å². The number of halogens is 3. The summed E-state index contributed by atoms with van der Waals surface area (Å²) in [4.78, 5) is 23.2. The van der Waals surface area contributed by atoms with Gasteiger partial charge >= 0.3 is 6.18 Å². The molecule has 1 amide bonds.